The van der Waals surface area contributed by atoms with Gasteiger partial charge in [-0.3, -0.25) is 4.79 Å². The fraction of sp³-hybridized carbons (Fsp3) is 0.889. The molecule has 4 N–H and O–H groups in total. The van der Waals surface area contributed by atoms with Gasteiger partial charge in [-0.05, 0) is 19.3 Å². The molecule has 0 saturated heterocycles. The van der Waals surface area contributed by atoms with Crippen molar-refractivity contribution < 1.29 is 9.90 Å². The van der Waals surface area contributed by atoms with Crippen molar-refractivity contribution in [1.29, 1.82) is 0 Å². The molecule has 4 nitrogen and oxygen atoms in total. The molecule has 0 radical (unpaired) electrons. The Bertz CT molecular complexity index is 158. The van der Waals surface area contributed by atoms with E-state index in [9.17, 15) is 4.79 Å². The summed E-state index contributed by atoms with van der Waals surface area (Å²) < 4.78 is 0. The van der Waals surface area contributed by atoms with Crippen molar-refractivity contribution in [3.63, 3.8) is 0 Å². The zero-order chi connectivity index (χ0) is 10.4. The van der Waals surface area contributed by atoms with Crippen molar-refractivity contribution in [3.8, 4) is 0 Å². The van der Waals surface area contributed by atoms with Crippen LogP contribution in [0.15, 0.2) is 0 Å². The summed E-state index contributed by atoms with van der Waals surface area (Å²) in [4.78, 5) is 11.2. The van der Waals surface area contributed by atoms with Gasteiger partial charge in [0.2, 0.25) is 5.91 Å². The van der Waals surface area contributed by atoms with Crippen molar-refractivity contribution in [2.24, 2.45) is 11.7 Å². The molecular formula is C9H20N2O2. The van der Waals surface area contributed by atoms with Gasteiger partial charge < -0.3 is 16.2 Å². The summed E-state index contributed by atoms with van der Waals surface area (Å²) in [5, 5.41) is 11.5. The fourth-order valence-corrected chi connectivity index (χ4v) is 0.994. The number of nitrogens with one attached hydrogen (secondary N) is 1. The van der Waals surface area contributed by atoms with Crippen LogP contribution in [-0.4, -0.2) is 29.7 Å². The number of aliphatic hydroxyl groups is 1. The van der Waals surface area contributed by atoms with E-state index in [0.717, 1.165) is 0 Å². The quantitative estimate of drug-likeness (QED) is 0.562. The number of amides is 1. The van der Waals surface area contributed by atoms with Gasteiger partial charge in [-0.25, -0.2) is 0 Å². The van der Waals surface area contributed by atoms with Crippen molar-refractivity contribution in [3.05, 3.63) is 0 Å². The first-order valence-electron chi connectivity index (χ1n) is 4.64. The molecule has 0 aromatic carbocycles. The van der Waals surface area contributed by atoms with Crippen molar-refractivity contribution in [1.82, 2.24) is 5.32 Å². The predicted octanol–water partition coefficient (Wildman–Crippen LogP) is -0.143. The molecule has 0 aliphatic heterocycles. The fourth-order valence-electron chi connectivity index (χ4n) is 0.994. The van der Waals surface area contributed by atoms with Crippen LogP contribution in [0.3, 0.4) is 0 Å². The smallest absolute Gasteiger partial charge is 0.237 e. The minimum Gasteiger partial charge on any atom is -0.392 e. The molecule has 0 spiro atoms. The van der Waals surface area contributed by atoms with Crippen LogP contribution < -0.4 is 11.1 Å². The van der Waals surface area contributed by atoms with Crippen molar-refractivity contribution in [2.45, 2.75) is 39.3 Å². The summed E-state index contributed by atoms with van der Waals surface area (Å²) in [6, 6.07) is -0.459. The van der Waals surface area contributed by atoms with E-state index in [-0.39, 0.29) is 12.5 Å². The molecule has 78 valence electrons. The van der Waals surface area contributed by atoms with Crippen LogP contribution in [0.4, 0.5) is 0 Å². The molecule has 0 unspecified atom stereocenters. The minimum atomic E-state index is -0.518. The van der Waals surface area contributed by atoms with Gasteiger partial charge in [0.15, 0.2) is 0 Å². The van der Waals surface area contributed by atoms with Crippen LogP contribution in [0.2, 0.25) is 0 Å². The second kappa shape index (κ2) is 5.94. The van der Waals surface area contributed by atoms with Crippen LogP contribution in [0.25, 0.3) is 0 Å². The lowest BCUT2D eigenvalue weighted by molar-refractivity contribution is -0.123. The van der Waals surface area contributed by atoms with E-state index < -0.39 is 12.1 Å². The van der Waals surface area contributed by atoms with Crippen LogP contribution in [-0.2, 0) is 4.79 Å². The summed E-state index contributed by atoms with van der Waals surface area (Å²) in [6.45, 7) is 5.92. The molecule has 1 amide bonds. The zero-order valence-electron chi connectivity index (χ0n) is 8.58. The number of aliphatic hydroxyl groups excluding tert-OH is 1. The highest BCUT2D eigenvalue weighted by molar-refractivity contribution is 5.81. The highest BCUT2D eigenvalue weighted by atomic mass is 16.3. The molecule has 0 rings (SSSR count). The molecule has 13 heavy (non-hydrogen) atoms. The van der Waals surface area contributed by atoms with Crippen molar-refractivity contribution in [2.75, 3.05) is 6.54 Å². The monoisotopic (exact) mass is 188 g/mol. The maximum Gasteiger partial charge on any atom is 0.237 e. The largest absolute Gasteiger partial charge is 0.392 e. The topological polar surface area (TPSA) is 75.4 Å². The predicted molar refractivity (Wildman–Crippen MR) is 52.1 cm³/mol. The number of rotatable bonds is 5. The van der Waals surface area contributed by atoms with Gasteiger partial charge in [-0.15, -0.1) is 0 Å². The molecule has 0 aliphatic carbocycles. The SMILES string of the molecule is CC(C)C[C@@H](N)C(=O)NC[C@@H](C)O. The number of hydrogen-bond acceptors (Lipinski definition) is 3. The van der Waals surface area contributed by atoms with Gasteiger partial charge in [0.25, 0.3) is 0 Å². The molecular weight excluding hydrogens is 168 g/mol. The summed E-state index contributed by atoms with van der Waals surface area (Å²) in [5.74, 6) is 0.224. The molecule has 0 heterocycles. The number of nitrogens with two attached hydrogens (primary N) is 1. The summed E-state index contributed by atoms with van der Waals surface area (Å²) in [5.41, 5.74) is 5.61. The molecule has 0 aromatic heterocycles. The third-order valence-electron chi connectivity index (χ3n) is 1.63. The lowest BCUT2D eigenvalue weighted by atomic mass is 10.0. The summed E-state index contributed by atoms with van der Waals surface area (Å²) >= 11 is 0. The Morgan fingerprint density at radius 1 is 1.46 bits per heavy atom. The minimum absolute atomic E-state index is 0.186. The van der Waals surface area contributed by atoms with E-state index in [0.29, 0.717) is 12.3 Å². The van der Waals surface area contributed by atoms with Crippen LogP contribution >= 0.6 is 0 Å². The second-order valence-electron chi connectivity index (χ2n) is 3.83. The Hall–Kier alpha value is -0.610. The Kier molecular flexibility index (Phi) is 5.66. The number of carbonyl (C=O) groups is 1. The maximum atomic E-state index is 11.2. The molecule has 0 aromatic rings. The van der Waals surface area contributed by atoms with Gasteiger partial charge >= 0.3 is 0 Å². The van der Waals surface area contributed by atoms with E-state index in [1.165, 1.54) is 0 Å². The molecule has 0 bridgehead atoms. The van der Waals surface area contributed by atoms with Crippen LogP contribution in [0.1, 0.15) is 27.2 Å². The van der Waals surface area contributed by atoms with Gasteiger partial charge in [-0.1, -0.05) is 13.8 Å². The zero-order valence-corrected chi connectivity index (χ0v) is 8.58. The van der Waals surface area contributed by atoms with E-state index in [1.54, 1.807) is 6.92 Å². The van der Waals surface area contributed by atoms with Crippen LogP contribution in [0, 0.1) is 5.92 Å². The maximum absolute atomic E-state index is 11.2. The lowest BCUT2D eigenvalue weighted by Gasteiger charge is -2.14. The second-order valence-corrected chi connectivity index (χ2v) is 3.83. The van der Waals surface area contributed by atoms with Crippen LogP contribution in [0.5, 0.6) is 0 Å². The highest BCUT2D eigenvalue weighted by Crippen LogP contribution is 2.02. The number of hydrogen-bond donors (Lipinski definition) is 3. The van der Waals surface area contributed by atoms with E-state index in [4.69, 9.17) is 10.8 Å². The van der Waals surface area contributed by atoms with Gasteiger partial charge in [0, 0.05) is 6.54 Å². The average Bonchev–Trinajstić information content (AvgIpc) is 1.98. The molecule has 0 saturated carbocycles. The molecule has 0 aliphatic rings. The Morgan fingerprint density at radius 2 is 2.00 bits per heavy atom. The average molecular weight is 188 g/mol. The normalized spacial score (nSPS) is 15.5. The van der Waals surface area contributed by atoms with E-state index in [1.807, 2.05) is 13.8 Å². The van der Waals surface area contributed by atoms with Gasteiger partial charge in [0.05, 0.1) is 12.1 Å². The van der Waals surface area contributed by atoms with E-state index in [2.05, 4.69) is 5.32 Å². The third kappa shape index (κ3) is 6.54. The highest BCUT2D eigenvalue weighted by Gasteiger charge is 2.14. The Morgan fingerprint density at radius 3 is 2.38 bits per heavy atom. The number of carbonyl (C=O) groups excluding carboxylic acids is 1. The van der Waals surface area contributed by atoms with Gasteiger partial charge in [-0.2, -0.15) is 0 Å². The third-order valence-corrected chi connectivity index (χ3v) is 1.63. The summed E-state index contributed by atoms with van der Waals surface area (Å²) in [7, 11) is 0. The Labute approximate surface area is 79.5 Å². The summed E-state index contributed by atoms with van der Waals surface area (Å²) in [6.07, 6.45) is 0.154. The molecule has 2 atom stereocenters. The van der Waals surface area contributed by atoms with Crippen molar-refractivity contribution >= 4 is 5.91 Å². The standard InChI is InChI=1S/C9H20N2O2/c1-6(2)4-8(10)9(13)11-5-7(3)12/h6-8,12H,4-5,10H2,1-3H3,(H,11,13)/t7-,8-/m1/s1. The molecule has 4 heteroatoms. The first-order valence-corrected chi connectivity index (χ1v) is 4.64. The Balaban J connectivity index is 3.69. The van der Waals surface area contributed by atoms with Gasteiger partial charge in [0.1, 0.15) is 0 Å². The van der Waals surface area contributed by atoms with E-state index >= 15 is 0 Å². The first kappa shape index (κ1) is 12.4. The first-order chi connectivity index (χ1) is 5.93. The molecule has 0 fully saturated rings. The lowest BCUT2D eigenvalue weighted by Crippen LogP contribution is -2.43.